The van der Waals surface area contributed by atoms with Crippen LogP contribution in [0.5, 0.6) is 0 Å². The van der Waals surface area contributed by atoms with Gasteiger partial charge < -0.3 is 5.32 Å². The van der Waals surface area contributed by atoms with Crippen molar-refractivity contribution in [1.82, 2.24) is 15.2 Å². The quantitative estimate of drug-likeness (QED) is 0.801. The highest BCUT2D eigenvalue weighted by Crippen LogP contribution is 2.32. The van der Waals surface area contributed by atoms with Gasteiger partial charge in [0.15, 0.2) is 0 Å². The SMILES string of the molecule is Fc1cc(Nc2ncn[nH]2)cc(C(F)(F)F)c1. The average molecular weight is 246 g/mol. The lowest BCUT2D eigenvalue weighted by molar-refractivity contribution is -0.137. The van der Waals surface area contributed by atoms with Crippen LogP contribution in [0.25, 0.3) is 0 Å². The van der Waals surface area contributed by atoms with Crippen LogP contribution in [0.2, 0.25) is 0 Å². The van der Waals surface area contributed by atoms with Gasteiger partial charge in [-0.1, -0.05) is 0 Å². The zero-order valence-corrected chi connectivity index (χ0v) is 8.22. The number of alkyl halides is 3. The number of aromatic amines is 1. The van der Waals surface area contributed by atoms with E-state index in [4.69, 9.17) is 0 Å². The van der Waals surface area contributed by atoms with Gasteiger partial charge in [0, 0.05) is 5.69 Å². The Morgan fingerprint density at radius 1 is 1.18 bits per heavy atom. The van der Waals surface area contributed by atoms with Crippen LogP contribution in [0, 0.1) is 5.82 Å². The Morgan fingerprint density at radius 2 is 1.94 bits per heavy atom. The van der Waals surface area contributed by atoms with Crippen LogP contribution in [-0.4, -0.2) is 15.2 Å². The fourth-order valence-electron chi connectivity index (χ4n) is 1.23. The summed E-state index contributed by atoms with van der Waals surface area (Å²) >= 11 is 0. The molecule has 4 nitrogen and oxygen atoms in total. The van der Waals surface area contributed by atoms with Crippen LogP contribution in [0.4, 0.5) is 29.2 Å². The predicted molar refractivity (Wildman–Crippen MR) is 51.1 cm³/mol. The molecule has 0 amide bonds. The van der Waals surface area contributed by atoms with Crippen molar-refractivity contribution in [3.05, 3.63) is 35.9 Å². The molecule has 0 aliphatic rings. The second-order valence-corrected chi connectivity index (χ2v) is 3.19. The molecule has 0 aliphatic carbocycles. The molecule has 0 atom stereocenters. The number of anilines is 2. The minimum atomic E-state index is -4.60. The van der Waals surface area contributed by atoms with E-state index in [0.717, 1.165) is 12.1 Å². The topological polar surface area (TPSA) is 53.6 Å². The first kappa shape index (κ1) is 11.4. The van der Waals surface area contributed by atoms with Crippen LogP contribution in [-0.2, 0) is 6.18 Å². The zero-order chi connectivity index (χ0) is 12.5. The van der Waals surface area contributed by atoms with Crippen molar-refractivity contribution in [2.45, 2.75) is 6.18 Å². The minimum Gasteiger partial charge on any atom is -0.324 e. The smallest absolute Gasteiger partial charge is 0.324 e. The summed E-state index contributed by atoms with van der Waals surface area (Å²) < 4.78 is 50.2. The monoisotopic (exact) mass is 246 g/mol. The number of H-pyrrole nitrogens is 1. The van der Waals surface area contributed by atoms with Crippen molar-refractivity contribution < 1.29 is 17.6 Å². The molecular formula is C9H6F4N4. The molecule has 0 aliphatic heterocycles. The number of nitrogens with one attached hydrogen (secondary N) is 2. The molecule has 0 saturated heterocycles. The maximum Gasteiger partial charge on any atom is 0.416 e. The molecule has 1 aromatic heterocycles. The summed E-state index contributed by atoms with van der Waals surface area (Å²) in [5.41, 5.74) is -1.13. The molecule has 0 spiro atoms. The third kappa shape index (κ3) is 2.71. The fraction of sp³-hybridized carbons (Fsp3) is 0.111. The number of nitrogens with zero attached hydrogens (tertiary/aromatic N) is 2. The molecule has 0 fully saturated rings. The molecule has 17 heavy (non-hydrogen) atoms. The zero-order valence-electron chi connectivity index (χ0n) is 8.22. The molecule has 0 bridgehead atoms. The molecule has 2 aromatic rings. The second-order valence-electron chi connectivity index (χ2n) is 3.19. The third-order valence-corrected chi connectivity index (χ3v) is 1.90. The van der Waals surface area contributed by atoms with Gasteiger partial charge in [-0.15, -0.1) is 0 Å². The van der Waals surface area contributed by atoms with E-state index in [1.165, 1.54) is 6.33 Å². The number of aromatic nitrogens is 3. The van der Waals surface area contributed by atoms with Gasteiger partial charge in [-0.05, 0) is 18.2 Å². The fourth-order valence-corrected chi connectivity index (χ4v) is 1.23. The maximum atomic E-state index is 13.0. The summed E-state index contributed by atoms with van der Waals surface area (Å²) in [7, 11) is 0. The van der Waals surface area contributed by atoms with Crippen LogP contribution < -0.4 is 5.32 Å². The predicted octanol–water partition coefficient (Wildman–Crippen LogP) is 2.71. The summed E-state index contributed by atoms with van der Waals surface area (Å²) in [6.45, 7) is 0. The molecular weight excluding hydrogens is 240 g/mol. The molecule has 90 valence electrons. The van der Waals surface area contributed by atoms with E-state index < -0.39 is 17.6 Å². The lowest BCUT2D eigenvalue weighted by atomic mass is 10.2. The minimum absolute atomic E-state index is 0.0610. The average Bonchev–Trinajstić information content (AvgIpc) is 2.68. The summed E-state index contributed by atoms with van der Waals surface area (Å²) in [5.74, 6) is -0.856. The van der Waals surface area contributed by atoms with Gasteiger partial charge in [-0.25, -0.2) is 9.49 Å². The Kier molecular flexibility index (Phi) is 2.70. The van der Waals surface area contributed by atoms with Crippen molar-refractivity contribution in [3.63, 3.8) is 0 Å². The summed E-state index contributed by atoms with van der Waals surface area (Å²) in [6.07, 6.45) is -3.42. The summed E-state index contributed by atoms with van der Waals surface area (Å²) in [6, 6.07) is 2.13. The van der Waals surface area contributed by atoms with Crippen molar-refractivity contribution in [2.24, 2.45) is 0 Å². The van der Waals surface area contributed by atoms with E-state index in [9.17, 15) is 17.6 Å². The Bertz CT molecular complexity index is 506. The third-order valence-electron chi connectivity index (χ3n) is 1.90. The van der Waals surface area contributed by atoms with Crippen molar-refractivity contribution in [2.75, 3.05) is 5.32 Å². The molecule has 0 radical (unpaired) electrons. The van der Waals surface area contributed by atoms with Crippen molar-refractivity contribution in [1.29, 1.82) is 0 Å². The lowest BCUT2D eigenvalue weighted by Gasteiger charge is -2.09. The molecule has 0 saturated carbocycles. The molecule has 0 unspecified atom stereocenters. The second kappa shape index (κ2) is 4.04. The Morgan fingerprint density at radius 3 is 2.53 bits per heavy atom. The van der Waals surface area contributed by atoms with Gasteiger partial charge in [0.2, 0.25) is 5.95 Å². The Labute approximate surface area is 92.7 Å². The first-order valence-corrected chi connectivity index (χ1v) is 4.45. The van der Waals surface area contributed by atoms with Crippen LogP contribution in [0.3, 0.4) is 0 Å². The van der Waals surface area contributed by atoms with E-state index in [0.29, 0.717) is 6.07 Å². The van der Waals surface area contributed by atoms with Crippen molar-refractivity contribution >= 4 is 11.6 Å². The molecule has 2 rings (SSSR count). The van der Waals surface area contributed by atoms with Crippen LogP contribution in [0.1, 0.15) is 5.56 Å². The Hall–Kier alpha value is -2.12. The summed E-state index contributed by atoms with van der Waals surface area (Å²) in [4.78, 5) is 3.65. The number of hydrogen-bond donors (Lipinski definition) is 2. The van der Waals surface area contributed by atoms with E-state index >= 15 is 0 Å². The van der Waals surface area contributed by atoms with E-state index in [1.54, 1.807) is 0 Å². The highest BCUT2D eigenvalue weighted by molar-refractivity contribution is 5.54. The van der Waals surface area contributed by atoms with Crippen LogP contribution in [0.15, 0.2) is 24.5 Å². The van der Waals surface area contributed by atoms with Crippen LogP contribution >= 0.6 is 0 Å². The van der Waals surface area contributed by atoms with Gasteiger partial charge in [0.25, 0.3) is 0 Å². The summed E-state index contributed by atoms with van der Waals surface area (Å²) in [5, 5.41) is 8.35. The van der Waals surface area contributed by atoms with Crippen molar-refractivity contribution in [3.8, 4) is 0 Å². The molecule has 2 N–H and O–H groups in total. The highest BCUT2D eigenvalue weighted by Gasteiger charge is 2.31. The van der Waals surface area contributed by atoms with Gasteiger partial charge in [0.05, 0.1) is 5.56 Å². The van der Waals surface area contributed by atoms with E-state index in [2.05, 4.69) is 20.5 Å². The molecule has 1 aromatic carbocycles. The lowest BCUT2D eigenvalue weighted by Crippen LogP contribution is -2.06. The normalized spacial score (nSPS) is 11.5. The van der Waals surface area contributed by atoms with Gasteiger partial charge in [0.1, 0.15) is 12.1 Å². The first-order chi connectivity index (χ1) is 7.95. The number of benzene rings is 1. The number of hydrogen-bond acceptors (Lipinski definition) is 3. The van der Waals surface area contributed by atoms with E-state index in [1.807, 2.05) is 0 Å². The largest absolute Gasteiger partial charge is 0.416 e. The van der Waals surface area contributed by atoms with Gasteiger partial charge in [-0.2, -0.15) is 23.3 Å². The standard InChI is InChI=1S/C9H6F4N4/c10-6-1-5(9(11,12)13)2-7(3-6)16-8-14-4-15-17-8/h1-4H,(H2,14,15,16,17). The Balaban J connectivity index is 2.32. The molecule has 8 heteroatoms. The number of rotatable bonds is 2. The maximum absolute atomic E-state index is 13.0. The van der Waals surface area contributed by atoms with Gasteiger partial charge in [-0.3, -0.25) is 0 Å². The number of halogens is 4. The van der Waals surface area contributed by atoms with Gasteiger partial charge >= 0.3 is 6.18 Å². The van der Waals surface area contributed by atoms with E-state index in [-0.39, 0.29) is 11.6 Å². The first-order valence-electron chi connectivity index (χ1n) is 4.45. The molecule has 1 heterocycles. The highest BCUT2D eigenvalue weighted by atomic mass is 19.4.